The summed E-state index contributed by atoms with van der Waals surface area (Å²) in [5.74, 6) is 1.17. The number of aryl methyl sites for hydroxylation is 2. The Morgan fingerprint density at radius 2 is 1.96 bits per heavy atom. The number of carbonyl (C=O) groups is 1. The monoisotopic (exact) mass is 399 g/mol. The van der Waals surface area contributed by atoms with Crippen LogP contribution < -0.4 is 4.74 Å². The summed E-state index contributed by atoms with van der Waals surface area (Å²) >= 11 is 6.24. The standard InChI is InChI=1S/C20H22ClN5O2/c1-12-10-22-16(13(2)18(12)28-5)11-25(4)20(27)19-23-14(3)26(24-19)17-9-7-6-8-15(17)21/h6-10H,11H2,1-5H3. The van der Waals surface area contributed by atoms with Crippen molar-refractivity contribution in [3.8, 4) is 11.4 Å². The zero-order chi connectivity index (χ0) is 20.4. The average molecular weight is 400 g/mol. The summed E-state index contributed by atoms with van der Waals surface area (Å²) in [6, 6.07) is 7.29. The molecule has 1 amide bonds. The molecule has 0 saturated carbocycles. The van der Waals surface area contributed by atoms with E-state index in [1.165, 1.54) is 4.90 Å². The number of nitrogens with zero attached hydrogens (tertiary/aromatic N) is 5. The first-order chi connectivity index (χ1) is 13.3. The molecule has 0 N–H and O–H groups in total. The lowest BCUT2D eigenvalue weighted by Gasteiger charge is -2.18. The largest absolute Gasteiger partial charge is 0.496 e. The predicted molar refractivity (Wildman–Crippen MR) is 107 cm³/mol. The molecule has 8 heteroatoms. The third-order valence-corrected chi connectivity index (χ3v) is 4.84. The normalized spacial score (nSPS) is 10.8. The van der Waals surface area contributed by atoms with Crippen LogP contribution >= 0.6 is 11.6 Å². The molecule has 0 spiro atoms. The number of para-hydroxylation sites is 1. The van der Waals surface area contributed by atoms with Gasteiger partial charge in [-0.25, -0.2) is 9.67 Å². The third kappa shape index (κ3) is 3.71. The van der Waals surface area contributed by atoms with Crippen LogP contribution in [0.15, 0.2) is 30.5 Å². The molecule has 2 heterocycles. The lowest BCUT2D eigenvalue weighted by molar-refractivity contribution is 0.0771. The van der Waals surface area contributed by atoms with Crippen LogP contribution in [0, 0.1) is 20.8 Å². The fourth-order valence-corrected chi connectivity index (χ4v) is 3.25. The minimum atomic E-state index is -0.297. The zero-order valence-corrected chi connectivity index (χ0v) is 17.3. The Hall–Kier alpha value is -2.93. The minimum Gasteiger partial charge on any atom is -0.496 e. The van der Waals surface area contributed by atoms with Gasteiger partial charge in [0.25, 0.3) is 5.91 Å². The quantitative estimate of drug-likeness (QED) is 0.656. The average Bonchev–Trinajstić information content (AvgIpc) is 3.05. The maximum atomic E-state index is 12.9. The van der Waals surface area contributed by atoms with Crippen LogP contribution in [0.4, 0.5) is 0 Å². The number of benzene rings is 1. The second kappa shape index (κ2) is 7.98. The summed E-state index contributed by atoms with van der Waals surface area (Å²) in [6.45, 7) is 5.97. The van der Waals surface area contributed by atoms with Crippen molar-refractivity contribution in [2.24, 2.45) is 0 Å². The van der Waals surface area contributed by atoms with Crippen molar-refractivity contribution in [3.05, 3.63) is 64.0 Å². The summed E-state index contributed by atoms with van der Waals surface area (Å²) in [5, 5.41) is 4.90. The number of hydrogen-bond donors (Lipinski definition) is 0. The van der Waals surface area contributed by atoms with Crippen LogP contribution in [0.25, 0.3) is 5.69 Å². The van der Waals surface area contributed by atoms with Crippen molar-refractivity contribution in [1.29, 1.82) is 0 Å². The Bertz CT molecular complexity index is 1030. The van der Waals surface area contributed by atoms with E-state index < -0.39 is 0 Å². The molecule has 2 aromatic heterocycles. The molecule has 3 rings (SSSR count). The highest BCUT2D eigenvalue weighted by molar-refractivity contribution is 6.32. The van der Waals surface area contributed by atoms with Gasteiger partial charge in [-0.2, -0.15) is 0 Å². The van der Waals surface area contributed by atoms with Crippen LogP contribution in [-0.2, 0) is 6.54 Å². The number of hydrogen-bond acceptors (Lipinski definition) is 5. The van der Waals surface area contributed by atoms with Gasteiger partial charge in [0.1, 0.15) is 11.6 Å². The highest BCUT2D eigenvalue weighted by Crippen LogP contribution is 2.25. The minimum absolute atomic E-state index is 0.108. The lowest BCUT2D eigenvalue weighted by Crippen LogP contribution is -2.28. The van der Waals surface area contributed by atoms with Crippen molar-refractivity contribution < 1.29 is 9.53 Å². The topological polar surface area (TPSA) is 73.1 Å². The van der Waals surface area contributed by atoms with Gasteiger partial charge in [0.05, 0.1) is 30.1 Å². The molecule has 28 heavy (non-hydrogen) atoms. The number of methoxy groups -OCH3 is 1. The Kier molecular flexibility index (Phi) is 5.65. The molecule has 0 aliphatic heterocycles. The smallest absolute Gasteiger partial charge is 0.293 e. The van der Waals surface area contributed by atoms with E-state index >= 15 is 0 Å². The van der Waals surface area contributed by atoms with Gasteiger partial charge in [0.2, 0.25) is 5.82 Å². The summed E-state index contributed by atoms with van der Waals surface area (Å²) in [4.78, 5) is 23.2. The van der Waals surface area contributed by atoms with Gasteiger partial charge in [-0.05, 0) is 32.9 Å². The summed E-state index contributed by atoms with van der Waals surface area (Å²) in [7, 11) is 3.32. The van der Waals surface area contributed by atoms with Gasteiger partial charge < -0.3 is 9.64 Å². The molecule has 0 unspecified atom stereocenters. The van der Waals surface area contributed by atoms with E-state index in [4.69, 9.17) is 16.3 Å². The van der Waals surface area contributed by atoms with E-state index in [0.29, 0.717) is 23.1 Å². The maximum Gasteiger partial charge on any atom is 0.293 e. The number of pyridine rings is 1. The van der Waals surface area contributed by atoms with Crippen LogP contribution in [0.3, 0.4) is 0 Å². The Morgan fingerprint density at radius 3 is 2.64 bits per heavy atom. The number of ether oxygens (including phenoxy) is 1. The fraction of sp³-hybridized carbons (Fsp3) is 0.300. The summed E-state index contributed by atoms with van der Waals surface area (Å²) < 4.78 is 7.01. The summed E-state index contributed by atoms with van der Waals surface area (Å²) in [5.41, 5.74) is 3.30. The SMILES string of the molecule is COc1c(C)cnc(CN(C)C(=O)c2nc(C)n(-c3ccccc3Cl)n2)c1C. The Balaban J connectivity index is 1.85. The van der Waals surface area contributed by atoms with Crippen LogP contribution in [0.5, 0.6) is 5.75 Å². The Labute approximate surface area is 168 Å². The van der Waals surface area contributed by atoms with E-state index in [1.807, 2.05) is 32.0 Å². The second-order valence-electron chi connectivity index (χ2n) is 6.55. The van der Waals surface area contributed by atoms with E-state index in [9.17, 15) is 4.79 Å². The number of carbonyl (C=O) groups excluding carboxylic acids is 1. The molecule has 0 aliphatic rings. The zero-order valence-electron chi connectivity index (χ0n) is 16.5. The first-order valence-electron chi connectivity index (χ1n) is 8.76. The van der Waals surface area contributed by atoms with Gasteiger partial charge in [-0.1, -0.05) is 23.7 Å². The molecule has 0 bridgehead atoms. The molecular weight excluding hydrogens is 378 g/mol. The van der Waals surface area contributed by atoms with E-state index in [1.54, 1.807) is 38.0 Å². The van der Waals surface area contributed by atoms with E-state index in [-0.39, 0.29) is 11.7 Å². The lowest BCUT2D eigenvalue weighted by atomic mass is 10.1. The van der Waals surface area contributed by atoms with Crippen LogP contribution in [0.2, 0.25) is 5.02 Å². The van der Waals surface area contributed by atoms with Crippen LogP contribution in [0.1, 0.15) is 33.3 Å². The van der Waals surface area contributed by atoms with E-state index in [2.05, 4.69) is 15.1 Å². The highest BCUT2D eigenvalue weighted by atomic mass is 35.5. The predicted octanol–water partition coefficient (Wildman–Crippen LogP) is 3.52. The van der Waals surface area contributed by atoms with Crippen LogP contribution in [-0.4, -0.2) is 44.7 Å². The molecule has 1 aromatic carbocycles. The molecule has 0 aliphatic carbocycles. The fourth-order valence-electron chi connectivity index (χ4n) is 3.03. The Morgan fingerprint density at radius 1 is 1.25 bits per heavy atom. The molecule has 7 nitrogen and oxygen atoms in total. The van der Waals surface area contributed by atoms with Gasteiger partial charge in [-0.3, -0.25) is 9.78 Å². The van der Waals surface area contributed by atoms with E-state index in [0.717, 1.165) is 22.6 Å². The number of rotatable bonds is 5. The second-order valence-corrected chi connectivity index (χ2v) is 6.96. The molecular formula is C20H22ClN5O2. The third-order valence-electron chi connectivity index (χ3n) is 4.52. The molecule has 0 fully saturated rings. The molecule has 0 radical (unpaired) electrons. The highest BCUT2D eigenvalue weighted by Gasteiger charge is 2.21. The first kappa shape index (κ1) is 19.8. The summed E-state index contributed by atoms with van der Waals surface area (Å²) in [6.07, 6.45) is 1.74. The molecule has 3 aromatic rings. The van der Waals surface area contributed by atoms with Gasteiger partial charge >= 0.3 is 0 Å². The maximum absolute atomic E-state index is 12.9. The van der Waals surface area contributed by atoms with Gasteiger partial charge in [0.15, 0.2) is 0 Å². The van der Waals surface area contributed by atoms with Crippen molar-refractivity contribution in [2.75, 3.05) is 14.2 Å². The van der Waals surface area contributed by atoms with Gasteiger partial charge in [-0.15, -0.1) is 5.10 Å². The number of halogens is 1. The molecule has 146 valence electrons. The number of aromatic nitrogens is 4. The number of amides is 1. The van der Waals surface area contributed by atoms with Crippen molar-refractivity contribution in [1.82, 2.24) is 24.6 Å². The first-order valence-corrected chi connectivity index (χ1v) is 9.14. The van der Waals surface area contributed by atoms with Gasteiger partial charge in [0, 0.05) is 24.4 Å². The van der Waals surface area contributed by atoms with Crippen molar-refractivity contribution in [2.45, 2.75) is 27.3 Å². The molecule has 0 atom stereocenters. The van der Waals surface area contributed by atoms with Crippen molar-refractivity contribution >= 4 is 17.5 Å². The van der Waals surface area contributed by atoms with Crippen molar-refractivity contribution in [3.63, 3.8) is 0 Å². The molecule has 0 saturated heterocycles.